The Morgan fingerprint density at radius 1 is 1.18 bits per heavy atom. The Morgan fingerprint density at radius 3 is 2.48 bits per heavy atom. The first-order valence-corrected chi connectivity index (χ1v) is 18.6. The number of Topliss-reactive ketones (excluding diaryl/α,β-unsaturated/α-hetero) is 1. The minimum atomic E-state index is -3.85. The van der Waals surface area contributed by atoms with Gasteiger partial charge in [-0.25, -0.2) is 18.5 Å². The van der Waals surface area contributed by atoms with Gasteiger partial charge < -0.3 is 14.4 Å². The first-order chi connectivity index (χ1) is 23.6. The highest BCUT2D eigenvalue weighted by Crippen LogP contribution is 2.57. The number of pyridine rings is 1. The summed E-state index contributed by atoms with van der Waals surface area (Å²) >= 11 is 0. The molecule has 3 aliphatic rings. The fourth-order valence-electron chi connectivity index (χ4n) is 6.89. The van der Waals surface area contributed by atoms with E-state index < -0.39 is 67.7 Å². The number of hydroxylamine groups is 2. The third kappa shape index (κ3) is 7.65. The van der Waals surface area contributed by atoms with Crippen molar-refractivity contribution in [2.45, 2.75) is 83.6 Å². The number of allylic oxidation sites excluding steroid dienone is 1. The number of nitrogens with zero attached hydrogens (tertiary/aromatic N) is 3. The lowest BCUT2D eigenvalue weighted by atomic mass is 9.77. The summed E-state index contributed by atoms with van der Waals surface area (Å²) in [4.78, 5) is 66.7. The van der Waals surface area contributed by atoms with Crippen LogP contribution in [0, 0.1) is 22.7 Å². The van der Waals surface area contributed by atoms with Crippen LogP contribution in [0.4, 0.5) is 0 Å². The van der Waals surface area contributed by atoms with Crippen molar-refractivity contribution in [1.29, 1.82) is 0 Å². The first kappa shape index (κ1) is 37.2. The Balaban J connectivity index is 1.45. The lowest BCUT2D eigenvalue weighted by Crippen LogP contribution is -2.49. The highest BCUT2D eigenvalue weighted by molar-refractivity contribution is 7.90. The first-order valence-electron chi connectivity index (χ1n) is 17.0. The largest absolute Gasteiger partial charge is 0.497 e. The fraction of sp³-hybridized carbons (Fsp3) is 0.583. The Morgan fingerprint density at radius 2 is 1.90 bits per heavy atom. The number of aromatic nitrogens is 1. The van der Waals surface area contributed by atoms with Crippen LogP contribution in [0.25, 0.3) is 10.8 Å². The Bertz CT molecular complexity index is 1770. The quantitative estimate of drug-likeness (QED) is 0.212. The molecule has 5 atom stereocenters. The maximum atomic E-state index is 14.5. The summed E-state index contributed by atoms with van der Waals surface area (Å²) in [6, 6.07) is 6.30. The van der Waals surface area contributed by atoms with Crippen molar-refractivity contribution in [3.8, 4) is 11.6 Å². The minimum Gasteiger partial charge on any atom is -0.497 e. The number of rotatable bonds is 15. The Hall–Kier alpha value is -4.04. The van der Waals surface area contributed by atoms with E-state index in [1.54, 1.807) is 32.4 Å². The molecule has 2 aromatic rings. The number of hydrogen-bond donors (Lipinski definition) is 1. The van der Waals surface area contributed by atoms with Crippen molar-refractivity contribution in [3.05, 3.63) is 43.1 Å². The molecule has 50 heavy (non-hydrogen) atoms. The van der Waals surface area contributed by atoms with Crippen molar-refractivity contribution in [3.63, 3.8) is 0 Å². The van der Waals surface area contributed by atoms with Crippen LogP contribution in [-0.2, 0) is 34.0 Å². The molecule has 1 aromatic heterocycles. The molecule has 14 heteroatoms. The lowest BCUT2D eigenvalue weighted by Gasteiger charge is -2.35. The van der Waals surface area contributed by atoms with E-state index in [4.69, 9.17) is 14.3 Å². The third-order valence-corrected chi connectivity index (χ3v) is 12.0. The van der Waals surface area contributed by atoms with Gasteiger partial charge in [-0.1, -0.05) is 26.8 Å². The van der Waals surface area contributed by atoms with Gasteiger partial charge in [0.1, 0.15) is 11.9 Å². The average molecular weight is 713 g/mol. The van der Waals surface area contributed by atoms with Gasteiger partial charge in [0, 0.05) is 37.4 Å². The van der Waals surface area contributed by atoms with E-state index in [1.807, 2.05) is 39.0 Å². The van der Waals surface area contributed by atoms with Crippen LogP contribution >= 0.6 is 0 Å². The molecule has 5 rings (SSSR count). The summed E-state index contributed by atoms with van der Waals surface area (Å²) in [6.07, 6.45) is 3.44. The third-order valence-electron chi connectivity index (χ3n) is 10.2. The molecule has 0 unspecified atom stereocenters. The van der Waals surface area contributed by atoms with Gasteiger partial charge in [0.2, 0.25) is 33.6 Å². The van der Waals surface area contributed by atoms with Crippen molar-refractivity contribution in [2.75, 3.05) is 27.3 Å². The van der Waals surface area contributed by atoms with Gasteiger partial charge in [-0.15, -0.1) is 6.58 Å². The van der Waals surface area contributed by atoms with Crippen LogP contribution < -0.4 is 14.2 Å². The van der Waals surface area contributed by atoms with Crippen molar-refractivity contribution in [2.24, 2.45) is 22.7 Å². The Kier molecular flexibility index (Phi) is 10.6. The molecule has 272 valence electrons. The molecule has 1 N–H and O–H groups in total. The number of likely N-dealkylation sites (tertiary alicyclic amines) is 1. The smallest absolute Gasteiger partial charge is 0.246 e. The molecular weight excluding hydrogens is 664 g/mol. The molecule has 3 fully saturated rings. The highest BCUT2D eigenvalue weighted by Gasteiger charge is 2.61. The van der Waals surface area contributed by atoms with E-state index in [9.17, 15) is 27.6 Å². The van der Waals surface area contributed by atoms with E-state index in [2.05, 4.69) is 16.3 Å². The summed E-state index contributed by atoms with van der Waals surface area (Å²) in [5.41, 5.74) is -1.96. The summed E-state index contributed by atoms with van der Waals surface area (Å²) < 4.78 is 39.4. The van der Waals surface area contributed by atoms with Crippen LogP contribution in [-0.4, -0.2) is 91.6 Å². The molecule has 1 aromatic carbocycles. The summed E-state index contributed by atoms with van der Waals surface area (Å²) in [6.45, 7) is 11.5. The number of carbonyl (C=O) groups is 4. The second-order valence-corrected chi connectivity index (χ2v) is 16.6. The molecule has 13 nitrogen and oxygen atoms in total. The Labute approximate surface area is 293 Å². The van der Waals surface area contributed by atoms with Gasteiger partial charge in [-0.2, -0.15) is 0 Å². The number of amides is 3. The van der Waals surface area contributed by atoms with Gasteiger partial charge in [0.25, 0.3) is 0 Å². The maximum Gasteiger partial charge on any atom is 0.246 e. The number of ketones is 1. The second kappa shape index (κ2) is 14.3. The number of sulfonamides is 1. The predicted molar refractivity (Wildman–Crippen MR) is 185 cm³/mol. The van der Waals surface area contributed by atoms with Gasteiger partial charge >= 0.3 is 0 Å². The number of benzene rings is 1. The lowest BCUT2D eigenvalue weighted by molar-refractivity contribution is -0.178. The zero-order valence-electron chi connectivity index (χ0n) is 29.6. The van der Waals surface area contributed by atoms with Gasteiger partial charge in [0.05, 0.1) is 43.4 Å². The van der Waals surface area contributed by atoms with E-state index in [-0.39, 0.29) is 44.7 Å². The molecule has 1 aliphatic heterocycles. The zero-order chi connectivity index (χ0) is 36.6. The minimum absolute atomic E-state index is 0.0339. The van der Waals surface area contributed by atoms with E-state index >= 15 is 0 Å². The van der Waals surface area contributed by atoms with Gasteiger partial charge in [0.15, 0.2) is 5.78 Å². The number of methoxy groups -OCH3 is 1. The van der Waals surface area contributed by atoms with E-state index in [1.165, 1.54) is 17.1 Å². The zero-order valence-corrected chi connectivity index (χ0v) is 30.5. The average Bonchev–Trinajstić information content (AvgIpc) is 4.00. The van der Waals surface area contributed by atoms with Gasteiger partial charge in [-0.05, 0) is 67.2 Å². The SMILES string of the molecule is C=C[C@@H]1C[C@]1(CC(=O)[C@@H]1C[C@@H](Oc2nccc3cc(OC)ccc23)CN1C(=O)[C@@H](CC(=O)N(CC)OC)C(C)(C)C)C(=O)NS(=O)(=O)C1CC1. The number of hydrogen-bond acceptors (Lipinski definition) is 10. The predicted octanol–water partition coefficient (Wildman–Crippen LogP) is 3.81. The summed E-state index contributed by atoms with van der Waals surface area (Å²) in [7, 11) is -0.882. The molecule has 0 bridgehead atoms. The van der Waals surface area contributed by atoms with E-state index in [0.717, 1.165) is 10.8 Å². The normalized spacial score (nSPS) is 24.0. The van der Waals surface area contributed by atoms with Crippen LogP contribution in [0.1, 0.15) is 66.2 Å². The van der Waals surface area contributed by atoms with Crippen LogP contribution in [0.3, 0.4) is 0 Å². The fourth-order valence-corrected chi connectivity index (χ4v) is 8.28. The second-order valence-electron chi connectivity index (χ2n) is 14.6. The highest BCUT2D eigenvalue weighted by atomic mass is 32.2. The summed E-state index contributed by atoms with van der Waals surface area (Å²) in [5, 5.41) is 2.13. The van der Waals surface area contributed by atoms with Gasteiger partial charge in [-0.3, -0.25) is 28.7 Å². The summed E-state index contributed by atoms with van der Waals surface area (Å²) in [5.74, 6) is -2.11. The number of fused-ring (bicyclic) bond motifs is 1. The maximum absolute atomic E-state index is 14.5. The number of ether oxygens (including phenoxy) is 2. The standard InChI is InChI=1S/C36H48N4O9S/c1-8-23-19-36(23,34(44)38-50(45,46)26-11-12-26)20-30(41)29-17-25(49-32-27-13-10-24(47-6)16-22(27)14-15-37-32)21-39(29)33(43)28(35(3,4)5)18-31(42)40(9-2)48-7/h8,10,13-16,23,25-26,28-29H,1,9,11-12,17-21H2,2-7H3,(H,38,44)/t23-,25-,28-,29+,36-/m1/s1. The molecule has 1 saturated heterocycles. The van der Waals surface area contributed by atoms with Crippen molar-refractivity contribution in [1.82, 2.24) is 19.7 Å². The number of nitrogens with one attached hydrogen (secondary N) is 1. The molecule has 3 amide bonds. The molecule has 2 saturated carbocycles. The van der Waals surface area contributed by atoms with Crippen molar-refractivity contribution >= 4 is 44.3 Å². The van der Waals surface area contributed by atoms with E-state index in [0.29, 0.717) is 24.5 Å². The molecule has 0 radical (unpaired) electrons. The molecular formula is C36H48N4O9S. The van der Waals surface area contributed by atoms with Crippen LogP contribution in [0.5, 0.6) is 11.6 Å². The molecule has 2 heterocycles. The topological polar surface area (TPSA) is 162 Å². The van der Waals surface area contributed by atoms with Crippen LogP contribution in [0.15, 0.2) is 43.1 Å². The molecule has 2 aliphatic carbocycles. The van der Waals surface area contributed by atoms with Crippen LogP contribution in [0.2, 0.25) is 0 Å². The number of carbonyl (C=O) groups excluding carboxylic acids is 4. The van der Waals surface area contributed by atoms with Crippen molar-refractivity contribution < 1.29 is 41.9 Å². The monoisotopic (exact) mass is 712 g/mol. The molecule has 0 spiro atoms.